The molecule has 1 heterocycles. The fraction of sp³-hybridized carbons (Fsp3) is 0.949. The minimum absolute atomic E-state index is 0.225. The molecule has 0 aromatic carbocycles. The molecule has 7 unspecified atom stereocenters. The van der Waals surface area contributed by atoms with Crippen molar-refractivity contribution in [2.45, 2.75) is 346 Å². The van der Waals surface area contributed by atoms with Crippen LogP contribution >= 0.6 is 0 Å². The number of carbonyl (C=O) groups excluding carboxylic acids is 1. The minimum Gasteiger partial charge on any atom is -0.394 e. The summed E-state index contributed by atoms with van der Waals surface area (Å²) in [6.07, 6.45) is 50.9. The monoisotopic (exact) mass is 1050 g/mol. The number of hydrogen-bond donors (Lipinski definition) is 6. The molecule has 0 aromatic heterocycles. The molecule has 6 N–H and O–H groups in total. The smallest absolute Gasteiger partial charge is 0.394 e. The Bertz CT molecular complexity index is 1320. The van der Waals surface area contributed by atoms with Crippen LogP contribution in [0.4, 0.5) is 0 Å². The van der Waals surface area contributed by atoms with E-state index in [-0.39, 0.29) is 12.5 Å². The van der Waals surface area contributed by atoms with E-state index in [1.165, 1.54) is 225 Å². The van der Waals surface area contributed by atoms with Gasteiger partial charge < -0.3 is 35.2 Å². The zero-order valence-corrected chi connectivity index (χ0v) is 47.3. The van der Waals surface area contributed by atoms with E-state index in [1.807, 2.05) is 0 Å². The highest BCUT2D eigenvalue weighted by Gasteiger charge is 2.48. The Morgan fingerprint density at radius 2 is 0.889 bits per heavy atom. The van der Waals surface area contributed by atoms with Crippen molar-refractivity contribution in [2.24, 2.45) is 0 Å². The van der Waals surface area contributed by atoms with Gasteiger partial charge in [-0.05, 0) is 38.5 Å². The second-order valence-corrected chi connectivity index (χ2v) is 22.7. The number of aliphatic hydroxyl groups is 4. The molecule has 0 bridgehead atoms. The predicted octanol–water partition coefficient (Wildman–Crippen LogP) is 14.6. The van der Waals surface area contributed by atoms with Crippen molar-refractivity contribution in [2.75, 3.05) is 13.2 Å². The summed E-state index contributed by atoms with van der Waals surface area (Å²) in [7, 11) is -5.08. The number of hydrogen-bond acceptors (Lipinski definition) is 10. The second kappa shape index (κ2) is 49.4. The summed E-state index contributed by atoms with van der Waals surface area (Å²) < 4.78 is 47.9. The average molecular weight is 1050 g/mol. The number of nitrogens with one attached hydrogen (secondary N) is 1. The first-order valence-electron chi connectivity index (χ1n) is 30.6. The summed E-state index contributed by atoms with van der Waals surface area (Å²) in [4.78, 5) is 13.2. The Morgan fingerprint density at radius 3 is 1.25 bits per heavy atom. The van der Waals surface area contributed by atoms with E-state index in [2.05, 4.69) is 35.5 Å². The van der Waals surface area contributed by atoms with Crippen molar-refractivity contribution >= 4 is 16.3 Å². The molecule has 1 aliphatic rings. The summed E-state index contributed by atoms with van der Waals surface area (Å²) >= 11 is 0. The quantitative estimate of drug-likeness (QED) is 0.0193. The van der Waals surface area contributed by atoms with Crippen LogP contribution in [0.15, 0.2) is 12.2 Å². The van der Waals surface area contributed by atoms with E-state index in [1.54, 1.807) is 0 Å². The highest BCUT2D eigenvalue weighted by atomic mass is 32.3. The first-order chi connectivity index (χ1) is 35.0. The predicted molar refractivity (Wildman–Crippen MR) is 296 cm³/mol. The first kappa shape index (κ1) is 68.9. The maximum Gasteiger partial charge on any atom is 0.397 e. The Balaban J connectivity index is 2.27. The molecular formula is C59H115NO11S. The second-order valence-electron chi connectivity index (χ2n) is 21.6. The maximum absolute atomic E-state index is 13.2. The van der Waals surface area contributed by atoms with Gasteiger partial charge in [-0.1, -0.05) is 270 Å². The molecule has 7 atom stereocenters. The third-order valence-corrected chi connectivity index (χ3v) is 15.3. The van der Waals surface area contributed by atoms with Gasteiger partial charge >= 0.3 is 10.4 Å². The Labute approximate surface area is 442 Å². The summed E-state index contributed by atoms with van der Waals surface area (Å²) in [6, 6.07) is -0.856. The normalized spacial score (nSPS) is 19.3. The van der Waals surface area contributed by atoms with Gasteiger partial charge in [0.15, 0.2) is 6.29 Å². The van der Waals surface area contributed by atoms with Crippen molar-refractivity contribution < 1.29 is 51.8 Å². The van der Waals surface area contributed by atoms with Gasteiger partial charge in [0.25, 0.3) is 0 Å². The maximum atomic E-state index is 13.2. The van der Waals surface area contributed by atoms with E-state index in [0.717, 1.165) is 51.4 Å². The zero-order valence-electron chi connectivity index (χ0n) is 46.5. The SMILES string of the molecule is CCCCCCCCCCCCCC/C=C\CCCCCCCCCCCCCCCC(=O)NC(COC1OC(CO)C(O)C(OS(=O)(=O)O)C1O)C(O)CCCCCCCCCCCCCCCCCC. The summed E-state index contributed by atoms with van der Waals surface area (Å²) in [5.41, 5.74) is 0. The number of ether oxygens (including phenoxy) is 2. The highest BCUT2D eigenvalue weighted by Crippen LogP contribution is 2.26. The standard InChI is InChI=1S/C59H115NO11S/c1-3-5-7-9-11-13-15-17-19-21-22-23-24-25-26-27-28-29-30-31-32-33-35-37-39-41-43-45-47-49-55(63)60-52(51-69-59-57(65)58(71-72(66,67)68)56(64)54(50-61)70-59)53(62)48-46-44-42-40-38-36-34-20-18-16-14-12-10-8-6-4-2/h25-26,52-54,56-59,61-62,64-65H,3-24,27-51H2,1-2H3,(H,60,63)(H,66,67,68)/b26-25-. The molecule has 1 fully saturated rings. The van der Waals surface area contributed by atoms with Gasteiger partial charge in [0.1, 0.15) is 24.4 Å². The third-order valence-electron chi connectivity index (χ3n) is 14.8. The summed E-state index contributed by atoms with van der Waals surface area (Å²) in [5, 5.41) is 45.1. The molecular weight excluding hydrogens is 931 g/mol. The van der Waals surface area contributed by atoms with Crippen LogP contribution < -0.4 is 5.32 Å². The number of rotatable bonds is 54. The molecule has 1 amide bonds. The van der Waals surface area contributed by atoms with Crippen molar-refractivity contribution in [3.05, 3.63) is 12.2 Å². The van der Waals surface area contributed by atoms with Gasteiger partial charge in [0.05, 0.1) is 25.4 Å². The lowest BCUT2D eigenvalue weighted by molar-refractivity contribution is -0.298. The Morgan fingerprint density at radius 1 is 0.542 bits per heavy atom. The molecule has 0 radical (unpaired) electrons. The van der Waals surface area contributed by atoms with Crippen LogP contribution in [0.2, 0.25) is 0 Å². The third kappa shape index (κ3) is 41.1. The Kier molecular flexibility index (Phi) is 47.3. The summed E-state index contributed by atoms with van der Waals surface area (Å²) in [5.74, 6) is -0.225. The lowest BCUT2D eigenvalue weighted by Gasteiger charge is -2.41. The molecule has 428 valence electrons. The number of aliphatic hydroxyl groups excluding tert-OH is 4. The largest absolute Gasteiger partial charge is 0.397 e. The fourth-order valence-electron chi connectivity index (χ4n) is 10.1. The number of carbonyl (C=O) groups is 1. The molecule has 0 saturated carbocycles. The van der Waals surface area contributed by atoms with E-state index in [0.29, 0.717) is 12.8 Å². The lowest BCUT2D eigenvalue weighted by Crippen LogP contribution is -2.61. The van der Waals surface area contributed by atoms with Crippen molar-refractivity contribution in [3.8, 4) is 0 Å². The van der Waals surface area contributed by atoms with Crippen LogP contribution in [0.5, 0.6) is 0 Å². The van der Waals surface area contributed by atoms with E-state index in [4.69, 9.17) is 9.47 Å². The number of unbranched alkanes of at least 4 members (excludes halogenated alkanes) is 40. The molecule has 1 rings (SSSR count). The van der Waals surface area contributed by atoms with Gasteiger partial charge in [-0.25, -0.2) is 4.18 Å². The van der Waals surface area contributed by atoms with Crippen LogP contribution in [0, 0.1) is 0 Å². The van der Waals surface area contributed by atoms with Crippen molar-refractivity contribution in [3.63, 3.8) is 0 Å². The molecule has 1 aliphatic heterocycles. The van der Waals surface area contributed by atoms with E-state index < -0.39 is 59.9 Å². The number of amides is 1. The molecule has 72 heavy (non-hydrogen) atoms. The molecule has 0 aliphatic carbocycles. The molecule has 13 heteroatoms. The van der Waals surface area contributed by atoms with E-state index >= 15 is 0 Å². The highest BCUT2D eigenvalue weighted by molar-refractivity contribution is 7.80. The molecule has 0 aromatic rings. The van der Waals surface area contributed by atoms with Crippen LogP contribution in [0.3, 0.4) is 0 Å². The van der Waals surface area contributed by atoms with Crippen LogP contribution in [0.25, 0.3) is 0 Å². The fourth-order valence-corrected chi connectivity index (χ4v) is 10.6. The van der Waals surface area contributed by atoms with Gasteiger partial charge in [0, 0.05) is 6.42 Å². The van der Waals surface area contributed by atoms with Gasteiger partial charge in [-0.2, -0.15) is 8.42 Å². The molecule has 1 saturated heterocycles. The van der Waals surface area contributed by atoms with Gasteiger partial charge in [-0.3, -0.25) is 9.35 Å². The first-order valence-corrected chi connectivity index (χ1v) is 31.9. The summed E-state index contributed by atoms with van der Waals surface area (Å²) in [6.45, 7) is 3.50. The average Bonchev–Trinajstić information content (AvgIpc) is 3.36. The minimum atomic E-state index is -5.08. The van der Waals surface area contributed by atoms with Gasteiger partial charge in [0.2, 0.25) is 5.91 Å². The van der Waals surface area contributed by atoms with Crippen LogP contribution in [-0.4, -0.2) is 95.4 Å². The van der Waals surface area contributed by atoms with E-state index in [9.17, 15) is 38.2 Å². The van der Waals surface area contributed by atoms with Gasteiger partial charge in [-0.15, -0.1) is 0 Å². The zero-order chi connectivity index (χ0) is 52.6. The Hall–Kier alpha value is -1.16. The van der Waals surface area contributed by atoms with Crippen molar-refractivity contribution in [1.82, 2.24) is 5.32 Å². The molecule has 12 nitrogen and oxygen atoms in total. The molecule has 0 spiro atoms. The van der Waals surface area contributed by atoms with Crippen LogP contribution in [0.1, 0.15) is 303 Å². The number of allylic oxidation sites excluding steroid dienone is 2. The topological polar surface area (TPSA) is 192 Å². The van der Waals surface area contributed by atoms with Crippen LogP contribution in [-0.2, 0) is 28.9 Å². The van der Waals surface area contributed by atoms with Crippen molar-refractivity contribution in [1.29, 1.82) is 0 Å². The lowest BCUT2D eigenvalue weighted by atomic mass is 9.99.